The first-order chi connectivity index (χ1) is 14.7. The smallest absolute Gasteiger partial charge is 0.357 e. The topological polar surface area (TPSA) is 178 Å². The second-order valence-electron chi connectivity index (χ2n) is 6.02. The van der Waals surface area contributed by atoms with Crippen LogP contribution < -0.4 is 16.0 Å². The van der Waals surface area contributed by atoms with E-state index in [0.717, 1.165) is 0 Å². The van der Waals surface area contributed by atoms with Crippen LogP contribution in [0.1, 0.15) is 21.6 Å². The van der Waals surface area contributed by atoms with E-state index in [1.54, 1.807) is 4.98 Å². The number of rotatable bonds is 6. The maximum Gasteiger partial charge on any atom is 0.357 e. The zero-order valence-corrected chi connectivity index (χ0v) is 15.4. The summed E-state index contributed by atoms with van der Waals surface area (Å²) in [5, 5.41) is 21.7. The molecular weight excluding hydrogens is 412 g/mol. The van der Waals surface area contributed by atoms with E-state index in [0.29, 0.717) is 5.56 Å². The van der Waals surface area contributed by atoms with Crippen molar-refractivity contribution in [1.29, 1.82) is 0 Å². The van der Waals surface area contributed by atoms with Gasteiger partial charge in [0.15, 0.2) is 0 Å². The Bertz CT molecular complexity index is 1300. The lowest BCUT2D eigenvalue weighted by molar-refractivity contribution is -0.386. The summed E-state index contributed by atoms with van der Waals surface area (Å²) in [5.74, 6) is -0.522. The van der Waals surface area contributed by atoms with Crippen LogP contribution in [-0.4, -0.2) is 25.8 Å². The van der Waals surface area contributed by atoms with E-state index in [4.69, 9.17) is 4.74 Å². The number of non-ortho nitro benzene ring substituents is 1. The summed E-state index contributed by atoms with van der Waals surface area (Å²) in [6.07, 6.45) is 2.62. The number of carbonyl (C=O) groups is 1. The molecule has 0 atom stereocenters. The molecule has 0 amide bonds. The third-order valence-electron chi connectivity index (χ3n) is 3.97. The van der Waals surface area contributed by atoms with Crippen LogP contribution in [0.2, 0.25) is 0 Å². The molecule has 0 radical (unpaired) electrons. The van der Waals surface area contributed by atoms with E-state index in [1.165, 1.54) is 60.7 Å². The molecule has 2 N–H and O–H groups in total. The van der Waals surface area contributed by atoms with Crippen molar-refractivity contribution in [3.63, 3.8) is 0 Å². The van der Waals surface area contributed by atoms with Gasteiger partial charge in [-0.2, -0.15) is 0 Å². The summed E-state index contributed by atoms with van der Waals surface area (Å²) in [5.41, 5.74) is -2.58. The average Bonchev–Trinajstić information content (AvgIpc) is 2.72. The first kappa shape index (κ1) is 20.9. The SMILES string of the molecule is O=C(Oc1ccc(C=Cc2[nH]c(=O)[nH]c(=O)c2[N+](=O)[O-])cc1)c1ccc([N+](=O)[O-])cc1. The normalized spacial score (nSPS) is 10.7. The number of esters is 1. The number of ether oxygens (including phenoxy) is 1. The number of benzene rings is 2. The maximum atomic E-state index is 12.1. The Balaban J connectivity index is 1.74. The van der Waals surface area contributed by atoms with E-state index in [1.807, 2.05) is 0 Å². The Morgan fingerprint density at radius 1 is 0.871 bits per heavy atom. The van der Waals surface area contributed by atoms with Crippen molar-refractivity contribution in [2.75, 3.05) is 0 Å². The molecule has 0 unspecified atom stereocenters. The number of aromatic amines is 2. The molecule has 156 valence electrons. The van der Waals surface area contributed by atoms with Gasteiger partial charge in [0.1, 0.15) is 11.4 Å². The second-order valence-corrected chi connectivity index (χ2v) is 6.02. The van der Waals surface area contributed by atoms with Crippen molar-refractivity contribution in [3.05, 3.63) is 106 Å². The quantitative estimate of drug-likeness (QED) is 0.262. The predicted octanol–water partition coefficient (Wildman–Crippen LogP) is 2.27. The van der Waals surface area contributed by atoms with Gasteiger partial charge < -0.3 is 9.72 Å². The summed E-state index contributed by atoms with van der Waals surface area (Å²) in [6, 6.07) is 10.9. The number of hydrogen-bond donors (Lipinski definition) is 2. The molecule has 0 saturated heterocycles. The van der Waals surface area contributed by atoms with Crippen LogP contribution in [-0.2, 0) is 0 Å². The molecule has 0 aliphatic carbocycles. The zero-order chi connectivity index (χ0) is 22.5. The Labute approximate surface area is 171 Å². The first-order valence-electron chi connectivity index (χ1n) is 8.50. The monoisotopic (exact) mass is 424 g/mol. The van der Waals surface area contributed by atoms with Crippen LogP contribution in [0.3, 0.4) is 0 Å². The summed E-state index contributed by atoms with van der Waals surface area (Å²) in [6.45, 7) is 0. The number of aromatic nitrogens is 2. The van der Waals surface area contributed by atoms with Gasteiger partial charge in [-0.05, 0) is 35.9 Å². The number of nitrogens with zero attached hydrogens (tertiary/aromatic N) is 2. The van der Waals surface area contributed by atoms with Gasteiger partial charge in [-0.25, -0.2) is 9.59 Å². The lowest BCUT2D eigenvalue weighted by Gasteiger charge is -2.04. The molecule has 2 aromatic carbocycles. The van der Waals surface area contributed by atoms with Crippen LogP contribution in [0.15, 0.2) is 58.1 Å². The highest BCUT2D eigenvalue weighted by Gasteiger charge is 2.18. The molecule has 1 aromatic heterocycles. The molecule has 0 aliphatic rings. The minimum absolute atomic E-state index is 0.125. The molecule has 0 bridgehead atoms. The van der Waals surface area contributed by atoms with E-state index >= 15 is 0 Å². The number of hydrogen-bond acceptors (Lipinski definition) is 8. The fraction of sp³-hybridized carbons (Fsp3) is 0. The van der Waals surface area contributed by atoms with Crippen LogP contribution in [0.4, 0.5) is 11.4 Å². The molecule has 3 rings (SSSR count). The maximum absolute atomic E-state index is 12.1. The highest BCUT2D eigenvalue weighted by Crippen LogP contribution is 2.18. The number of nitro benzene ring substituents is 1. The Hall–Kier alpha value is -4.87. The molecule has 31 heavy (non-hydrogen) atoms. The molecular formula is C19H12N4O8. The van der Waals surface area contributed by atoms with Crippen molar-refractivity contribution in [3.8, 4) is 5.75 Å². The summed E-state index contributed by atoms with van der Waals surface area (Å²) < 4.78 is 5.19. The number of H-pyrrole nitrogens is 2. The van der Waals surface area contributed by atoms with Crippen molar-refractivity contribution < 1.29 is 19.4 Å². The summed E-state index contributed by atoms with van der Waals surface area (Å²) >= 11 is 0. The lowest BCUT2D eigenvalue weighted by atomic mass is 10.2. The van der Waals surface area contributed by atoms with Crippen molar-refractivity contribution >= 4 is 29.5 Å². The van der Waals surface area contributed by atoms with Gasteiger partial charge in [0.2, 0.25) is 0 Å². The van der Waals surface area contributed by atoms with Crippen LogP contribution >= 0.6 is 0 Å². The van der Waals surface area contributed by atoms with E-state index in [-0.39, 0.29) is 22.7 Å². The summed E-state index contributed by atoms with van der Waals surface area (Å²) in [7, 11) is 0. The second kappa shape index (κ2) is 8.65. The van der Waals surface area contributed by atoms with E-state index in [2.05, 4.69) is 4.98 Å². The summed E-state index contributed by atoms with van der Waals surface area (Å²) in [4.78, 5) is 59.2. The predicted molar refractivity (Wildman–Crippen MR) is 108 cm³/mol. The number of nitrogens with one attached hydrogen (secondary N) is 2. The van der Waals surface area contributed by atoms with Crippen LogP contribution in [0, 0.1) is 20.2 Å². The van der Waals surface area contributed by atoms with Crippen molar-refractivity contribution in [2.45, 2.75) is 0 Å². The molecule has 1 heterocycles. The lowest BCUT2D eigenvalue weighted by Crippen LogP contribution is -2.25. The third-order valence-corrected chi connectivity index (χ3v) is 3.97. The van der Waals surface area contributed by atoms with Crippen LogP contribution in [0.5, 0.6) is 5.75 Å². The fourth-order valence-corrected chi connectivity index (χ4v) is 2.51. The standard InChI is InChI=1S/C19H12N4O8/c24-17-16(23(29)30)15(20-19(26)21-17)10-3-11-1-8-14(9-2-11)31-18(25)12-4-6-13(7-5-12)22(27)28/h1-10H,(H2,20,21,24,26). The van der Waals surface area contributed by atoms with Crippen molar-refractivity contribution in [2.24, 2.45) is 0 Å². The Morgan fingerprint density at radius 2 is 1.52 bits per heavy atom. The molecule has 0 aliphatic heterocycles. The van der Waals surface area contributed by atoms with Gasteiger partial charge in [0, 0.05) is 12.1 Å². The average molecular weight is 424 g/mol. The number of carbonyl (C=O) groups excluding carboxylic acids is 1. The first-order valence-corrected chi connectivity index (χ1v) is 8.50. The molecule has 0 fully saturated rings. The Kier molecular flexibility index (Phi) is 5.82. The minimum atomic E-state index is -1.12. The molecule has 0 saturated carbocycles. The Morgan fingerprint density at radius 3 is 2.10 bits per heavy atom. The minimum Gasteiger partial charge on any atom is -0.423 e. The van der Waals surface area contributed by atoms with Gasteiger partial charge in [-0.1, -0.05) is 18.2 Å². The van der Waals surface area contributed by atoms with Gasteiger partial charge in [-0.15, -0.1) is 0 Å². The van der Waals surface area contributed by atoms with Gasteiger partial charge in [0.25, 0.3) is 5.69 Å². The highest BCUT2D eigenvalue weighted by molar-refractivity contribution is 5.91. The third kappa shape index (κ3) is 4.95. The van der Waals surface area contributed by atoms with E-state index in [9.17, 15) is 34.6 Å². The molecule has 12 nitrogen and oxygen atoms in total. The largest absolute Gasteiger partial charge is 0.423 e. The highest BCUT2D eigenvalue weighted by atomic mass is 16.6. The van der Waals surface area contributed by atoms with Gasteiger partial charge >= 0.3 is 22.9 Å². The van der Waals surface area contributed by atoms with Gasteiger partial charge in [0.05, 0.1) is 15.4 Å². The van der Waals surface area contributed by atoms with Crippen molar-refractivity contribution in [1.82, 2.24) is 9.97 Å². The molecule has 0 spiro atoms. The van der Waals surface area contributed by atoms with E-state index < -0.39 is 32.8 Å². The van der Waals surface area contributed by atoms with Crippen LogP contribution in [0.25, 0.3) is 12.2 Å². The zero-order valence-electron chi connectivity index (χ0n) is 15.4. The number of nitro groups is 2. The van der Waals surface area contributed by atoms with Gasteiger partial charge in [-0.3, -0.25) is 30.0 Å². The molecule has 12 heteroatoms. The molecule has 3 aromatic rings. The fourth-order valence-electron chi connectivity index (χ4n) is 2.51.